The second-order valence-corrected chi connectivity index (χ2v) is 6.21. The maximum atomic E-state index is 12.6. The predicted octanol–water partition coefficient (Wildman–Crippen LogP) is 2.67. The molecule has 1 aliphatic heterocycles. The molecular weight excluding hydrogens is 358 g/mol. The van der Waals surface area contributed by atoms with Crippen molar-refractivity contribution in [3.63, 3.8) is 0 Å². The minimum atomic E-state index is -0.680. The minimum absolute atomic E-state index is 0.130. The van der Waals surface area contributed by atoms with E-state index in [2.05, 4.69) is 5.32 Å². The van der Waals surface area contributed by atoms with Crippen LogP contribution < -0.4 is 5.32 Å². The van der Waals surface area contributed by atoms with E-state index >= 15 is 0 Å². The van der Waals surface area contributed by atoms with Crippen molar-refractivity contribution in [3.05, 3.63) is 57.4 Å². The number of aliphatic hydroxyl groups is 1. The number of aliphatic hydroxyl groups excluding tert-OH is 1. The van der Waals surface area contributed by atoms with Gasteiger partial charge in [-0.2, -0.15) is 0 Å². The van der Waals surface area contributed by atoms with Crippen molar-refractivity contribution in [2.24, 2.45) is 0 Å². The second kappa shape index (κ2) is 8.87. The average Bonchev–Trinajstić information content (AvgIpc) is 2.59. The largest absolute Gasteiger partial charge is 0.463 e. The van der Waals surface area contributed by atoms with Gasteiger partial charge in [0.2, 0.25) is 0 Å². The van der Waals surface area contributed by atoms with Gasteiger partial charge in [-0.1, -0.05) is 23.7 Å². The molecule has 1 aromatic rings. The summed E-state index contributed by atoms with van der Waals surface area (Å²) in [5.74, 6) is -1.80. The third-order valence-electron chi connectivity index (χ3n) is 3.98. The van der Waals surface area contributed by atoms with Gasteiger partial charge in [-0.3, -0.25) is 0 Å². The fraction of sp³-hybridized carbons (Fsp3) is 0.368. The highest BCUT2D eigenvalue weighted by Crippen LogP contribution is 2.39. The van der Waals surface area contributed by atoms with Crippen LogP contribution in [0, 0.1) is 0 Å². The molecule has 0 radical (unpaired) electrons. The Balaban J connectivity index is 2.59. The van der Waals surface area contributed by atoms with Crippen LogP contribution in [0.2, 0.25) is 5.02 Å². The standard InChI is InChI=1S/C19H22ClNO5/c1-4-25-18(23)15-11(2)21-12(3)16(19(24)26-9-8-22)17(15)13-6-5-7-14(20)10-13/h5-7,10,17,21-22H,4,8-9H2,1-3H3. The first-order valence-corrected chi connectivity index (χ1v) is 8.67. The number of ether oxygens (including phenoxy) is 2. The predicted molar refractivity (Wildman–Crippen MR) is 97.4 cm³/mol. The number of rotatable bonds is 6. The highest BCUT2D eigenvalue weighted by molar-refractivity contribution is 6.30. The number of dihydropyridines is 1. The zero-order valence-corrected chi connectivity index (χ0v) is 15.7. The molecule has 0 saturated heterocycles. The highest BCUT2D eigenvalue weighted by Gasteiger charge is 2.37. The Bertz CT molecular complexity index is 769. The van der Waals surface area contributed by atoms with Crippen molar-refractivity contribution in [1.29, 1.82) is 0 Å². The number of hydrogen-bond donors (Lipinski definition) is 2. The molecule has 1 atom stereocenters. The van der Waals surface area contributed by atoms with Gasteiger partial charge in [0.05, 0.1) is 30.3 Å². The van der Waals surface area contributed by atoms with Crippen LogP contribution in [0.4, 0.5) is 0 Å². The van der Waals surface area contributed by atoms with Crippen molar-refractivity contribution >= 4 is 23.5 Å². The van der Waals surface area contributed by atoms with Crippen LogP contribution in [0.15, 0.2) is 46.8 Å². The number of halogens is 1. The van der Waals surface area contributed by atoms with Crippen molar-refractivity contribution in [3.8, 4) is 0 Å². The molecule has 1 aromatic carbocycles. The van der Waals surface area contributed by atoms with Crippen LogP contribution in [-0.4, -0.2) is 36.9 Å². The molecule has 1 unspecified atom stereocenters. The summed E-state index contributed by atoms with van der Waals surface area (Å²) in [6.07, 6.45) is 0. The SMILES string of the molecule is CCOC(=O)C1=C(C)NC(C)=C(C(=O)OCCO)C1c1cccc(Cl)c1. The molecule has 0 saturated carbocycles. The molecule has 1 heterocycles. The van der Waals surface area contributed by atoms with Gasteiger partial charge >= 0.3 is 11.9 Å². The fourth-order valence-electron chi connectivity index (χ4n) is 2.98. The molecule has 6 nitrogen and oxygen atoms in total. The average molecular weight is 380 g/mol. The van der Waals surface area contributed by atoms with E-state index in [0.717, 1.165) is 0 Å². The zero-order chi connectivity index (χ0) is 19.3. The van der Waals surface area contributed by atoms with E-state index in [1.54, 1.807) is 45.0 Å². The molecule has 7 heteroatoms. The maximum Gasteiger partial charge on any atom is 0.336 e. The Morgan fingerprint density at radius 1 is 1.15 bits per heavy atom. The van der Waals surface area contributed by atoms with Gasteiger partial charge in [-0.15, -0.1) is 0 Å². The molecular formula is C19H22ClNO5. The Kier molecular flexibility index (Phi) is 6.83. The molecule has 2 N–H and O–H groups in total. The molecule has 0 aromatic heterocycles. The van der Waals surface area contributed by atoms with E-state index in [4.69, 9.17) is 26.2 Å². The van der Waals surface area contributed by atoms with Crippen molar-refractivity contribution in [2.75, 3.05) is 19.8 Å². The molecule has 2 rings (SSSR count). The van der Waals surface area contributed by atoms with E-state index in [1.165, 1.54) is 0 Å². The second-order valence-electron chi connectivity index (χ2n) is 5.77. The third-order valence-corrected chi connectivity index (χ3v) is 4.22. The van der Waals surface area contributed by atoms with E-state index in [-0.39, 0.29) is 25.4 Å². The summed E-state index contributed by atoms with van der Waals surface area (Å²) >= 11 is 6.12. The lowest BCUT2D eigenvalue weighted by molar-refractivity contribution is -0.140. The summed E-state index contributed by atoms with van der Waals surface area (Å²) < 4.78 is 10.3. The number of carbonyl (C=O) groups is 2. The first kappa shape index (κ1) is 20.0. The van der Waals surface area contributed by atoms with E-state index in [1.807, 2.05) is 0 Å². The Labute approximate surface area is 157 Å². The first-order valence-electron chi connectivity index (χ1n) is 8.29. The van der Waals surface area contributed by atoms with Crippen molar-refractivity contribution in [2.45, 2.75) is 26.7 Å². The van der Waals surface area contributed by atoms with Crippen LogP contribution in [-0.2, 0) is 19.1 Å². The molecule has 140 valence electrons. The van der Waals surface area contributed by atoms with Crippen LogP contribution in [0.5, 0.6) is 0 Å². The van der Waals surface area contributed by atoms with Gasteiger partial charge in [-0.05, 0) is 38.5 Å². The summed E-state index contributed by atoms with van der Waals surface area (Å²) in [5, 5.41) is 12.5. The van der Waals surface area contributed by atoms with Gasteiger partial charge in [-0.25, -0.2) is 9.59 Å². The lowest BCUT2D eigenvalue weighted by Gasteiger charge is -2.30. The van der Waals surface area contributed by atoms with Crippen LogP contribution in [0.25, 0.3) is 0 Å². The number of nitrogens with one attached hydrogen (secondary N) is 1. The Morgan fingerprint density at radius 3 is 2.31 bits per heavy atom. The van der Waals surface area contributed by atoms with Gasteiger partial charge in [0.15, 0.2) is 0 Å². The van der Waals surface area contributed by atoms with Gasteiger partial charge in [0.25, 0.3) is 0 Å². The molecule has 0 spiro atoms. The number of benzene rings is 1. The summed E-state index contributed by atoms with van der Waals surface area (Å²) in [4.78, 5) is 25.2. The highest BCUT2D eigenvalue weighted by atomic mass is 35.5. The number of esters is 2. The molecule has 26 heavy (non-hydrogen) atoms. The van der Waals surface area contributed by atoms with E-state index in [0.29, 0.717) is 27.6 Å². The first-order chi connectivity index (χ1) is 12.4. The van der Waals surface area contributed by atoms with E-state index < -0.39 is 17.9 Å². The molecule has 0 amide bonds. The van der Waals surface area contributed by atoms with Crippen LogP contribution in [0.1, 0.15) is 32.3 Å². The summed E-state index contributed by atoms with van der Waals surface area (Å²) in [6.45, 7) is 5.00. The molecule has 0 fully saturated rings. The number of allylic oxidation sites excluding steroid dienone is 2. The van der Waals surface area contributed by atoms with Gasteiger partial charge in [0.1, 0.15) is 6.61 Å². The lowest BCUT2D eigenvalue weighted by Crippen LogP contribution is -2.32. The number of carbonyl (C=O) groups excluding carboxylic acids is 2. The quantitative estimate of drug-likeness (QED) is 0.739. The summed E-state index contributed by atoms with van der Waals surface area (Å²) in [5.41, 5.74) is 2.47. The van der Waals surface area contributed by atoms with Gasteiger partial charge < -0.3 is 19.9 Å². The molecule has 0 bridgehead atoms. The summed E-state index contributed by atoms with van der Waals surface area (Å²) in [7, 11) is 0. The summed E-state index contributed by atoms with van der Waals surface area (Å²) in [6, 6.07) is 6.97. The zero-order valence-electron chi connectivity index (χ0n) is 15.0. The maximum absolute atomic E-state index is 12.6. The topological polar surface area (TPSA) is 84.9 Å². The number of hydrogen-bond acceptors (Lipinski definition) is 6. The molecule has 1 aliphatic rings. The smallest absolute Gasteiger partial charge is 0.336 e. The Hall–Kier alpha value is -2.31. The van der Waals surface area contributed by atoms with Crippen molar-refractivity contribution in [1.82, 2.24) is 5.32 Å². The normalized spacial score (nSPS) is 17.0. The monoisotopic (exact) mass is 379 g/mol. The fourth-order valence-corrected chi connectivity index (χ4v) is 3.18. The third kappa shape index (κ3) is 4.26. The van der Waals surface area contributed by atoms with Gasteiger partial charge in [0, 0.05) is 16.4 Å². The Morgan fingerprint density at radius 2 is 1.77 bits per heavy atom. The van der Waals surface area contributed by atoms with Crippen LogP contribution in [0.3, 0.4) is 0 Å². The van der Waals surface area contributed by atoms with Crippen molar-refractivity contribution < 1.29 is 24.2 Å². The minimum Gasteiger partial charge on any atom is -0.463 e. The van der Waals surface area contributed by atoms with Crippen LogP contribution >= 0.6 is 11.6 Å². The lowest BCUT2D eigenvalue weighted by atomic mass is 9.80. The van der Waals surface area contributed by atoms with E-state index in [9.17, 15) is 9.59 Å². The molecule has 0 aliphatic carbocycles.